The van der Waals surface area contributed by atoms with E-state index in [-0.39, 0.29) is 12.5 Å². The molecule has 1 aliphatic carbocycles. The van der Waals surface area contributed by atoms with E-state index in [2.05, 4.69) is 5.32 Å². The van der Waals surface area contributed by atoms with Crippen molar-refractivity contribution in [3.05, 3.63) is 21.4 Å². The molecule has 0 atom stereocenters. The summed E-state index contributed by atoms with van der Waals surface area (Å²) < 4.78 is 0. The zero-order valence-electron chi connectivity index (χ0n) is 11.3. The van der Waals surface area contributed by atoms with E-state index in [4.69, 9.17) is 0 Å². The summed E-state index contributed by atoms with van der Waals surface area (Å²) in [5.74, 6) is -0.946. The fraction of sp³-hybridized carbons (Fsp3) is 0.571. The summed E-state index contributed by atoms with van der Waals surface area (Å²) in [4.78, 5) is 25.6. The molecule has 19 heavy (non-hydrogen) atoms. The minimum Gasteiger partial charge on any atom is -0.481 e. The standard InChI is InChI=1S/C14H19NO3S/c1-9-7-11(10(2)19-9)12(16)15-8-14(13(17)18)5-3-4-6-14/h7H,3-6,8H2,1-2H3,(H,15,16)(H,17,18). The Balaban J connectivity index is 2.04. The summed E-state index contributed by atoms with van der Waals surface area (Å²) in [6.07, 6.45) is 3.17. The van der Waals surface area contributed by atoms with Crippen molar-refractivity contribution in [2.75, 3.05) is 6.54 Å². The quantitative estimate of drug-likeness (QED) is 0.891. The third-order valence-corrected chi connectivity index (χ3v) is 4.85. The third-order valence-electron chi connectivity index (χ3n) is 3.89. The highest BCUT2D eigenvalue weighted by Crippen LogP contribution is 2.37. The van der Waals surface area contributed by atoms with Crippen molar-refractivity contribution in [2.45, 2.75) is 39.5 Å². The van der Waals surface area contributed by atoms with Crippen LogP contribution >= 0.6 is 11.3 Å². The largest absolute Gasteiger partial charge is 0.481 e. The lowest BCUT2D eigenvalue weighted by Gasteiger charge is -2.23. The summed E-state index contributed by atoms with van der Waals surface area (Å²) in [6, 6.07) is 1.86. The second kappa shape index (κ2) is 5.33. The average Bonchev–Trinajstić information content (AvgIpc) is 2.94. The van der Waals surface area contributed by atoms with E-state index in [1.807, 2.05) is 19.9 Å². The van der Waals surface area contributed by atoms with E-state index in [0.717, 1.165) is 22.6 Å². The number of amides is 1. The number of nitrogens with one attached hydrogen (secondary N) is 1. The zero-order valence-corrected chi connectivity index (χ0v) is 12.1. The second-order valence-corrected chi connectivity index (χ2v) is 6.76. The Labute approximate surface area is 116 Å². The van der Waals surface area contributed by atoms with Gasteiger partial charge in [-0.15, -0.1) is 11.3 Å². The lowest BCUT2D eigenvalue weighted by molar-refractivity contribution is -0.148. The van der Waals surface area contributed by atoms with Crippen LogP contribution in [0.5, 0.6) is 0 Å². The number of carboxylic acid groups (broad SMARTS) is 1. The van der Waals surface area contributed by atoms with E-state index < -0.39 is 11.4 Å². The highest BCUT2D eigenvalue weighted by molar-refractivity contribution is 7.12. The molecule has 2 rings (SSSR count). The predicted molar refractivity (Wildman–Crippen MR) is 74.7 cm³/mol. The number of hydrogen-bond donors (Lipinski definition) is 2. The molecule has 1 aromatic rings. The molecule has 1 aliphatic rings. The van der Waals surface area contributed by atoms with Crippen molar-refractivity contribution >= 4 is 23.2 Å². The minimum absolute atomic E-state index is 0.158. The van der Waals surface area contributed by atoms with Gasteiger partial charge in [0.05, 0.1) is 11.0 Å². The Morgan fingerprint density at radius 3 is 2.47 bits per heavy atom. The first-order valence-corrected chi connectivity index (χ1v) is 7.35. The number of aliphatic carboxylic acids is 1. The van der Waals surface area contributed by atoms with E-state index in [0.29, 0.717) is 18.4 Å². The van der Waals surface area contributed by atoms with Crippen LogP contribution in [0.4, 0.5) is 0 Å². The Kier molecular flexibility index (Phi) is 3.94. The van der Waals surface area contributed by atoms with Gasteiger partial charge >= 0.3 is 5.97 Å². The summed E-state index contributed by atoms with van der Waals surface area (Å²) in [6.45, 7) is 4.11. The van der Waals surface area contributed by atoms with Gasteiger partial charge in [-0.2, -0.15) is 0 Å². The van der Waals surface area contributed by atoms with Crippen LogP contribution in [0, 0.1) is 19.3 Å². The molecule has 1 amide bonds. The molecule has 2 N–H and O–H groups in total. The topological polar surface area (TPSA) is 66.4 Å². The normalized spacial score (nSPS) is 17.4. The maximum Gasteiger partial charge on any atom is 0.311 e. The van der Waals surface area contributed by atoms with E-state index >= 15 is 0 Å². The van der Waals surface area contributed by atoms with Gasteiger partial charge < -0.3 is 10.4 Å². The van der Waals surface area contributed by atoms with Gasteiger partial charge in [0.2, 0.25) is 0 Å². The Morgan fingerprint density at radius 2 is 2.00 bits per heavy atom. The number of carbonyl (C=O) groups is 2. The van der Waals surface area contributed by atoms with Crippen LogP contribution in [0.2, 0.25) is 0 Å². The van der Waals surface area contributed by atoms with E-state index in [1.54, 1.807) is 11.3 Å². The van der Waals surface area contributed by atoms with Crippen molar-refractivity contribution in [1.82, 2.24) is 5.32 Å². The molecule has 1 aromatic heterocycles. The molecule has 0 aromatic carbocycles. The SMILES string of the molecule is Cc1cc(C(=O)NCC2(C(=O)O)CCCC2)c(C)s1. The Hall–Kier alpha value is -1.36. The summed E-state index contributed by atoms with van der Waals surface area (Å²) in [7, 11) is 0. The maximum atomic E-state index is 12.1. The number of carboxylic acids is 1. The van der Waals surface area contributed by atoms with Crippen molar-refractivity contribution in [2.24, 2.45) is 5.41 Å². The molecule has 1 heterocycles. The second-order valence-electron chi connectivity index (χ2n) is 5.30. The van der Waals surface area contributed by atoms with E-state index in [9.17, 15) is 14.7 Å². The molecule has 4 nitrogen and oxygen atoms in total. The summed E-state index contributed by atoms with van der Waals surface area (Å²) >= 11 is 1.58. The van der Waals surface area contributed by atoms with Gasteiger partial charge in [0.15, 0.2) is 0 Å². The minimum atomic E-state index is -0.788. The van der Waals surface area contributed by atoms with Gasteiger partial charge in [0.25, 0.3) is 5.91 Å². The maximum absolute atomic E-state index is 12.1. The summed E-state index contributed by atoms with van der Waals surface area (Å²) in [5.41, 5.74) is -0.0877. The van der Waals surface area contributed by atoms with Crippen LogP contribution in [-0.4, -0.2) is 23.5 Å². The molecular weight excluding hydrogens is 262 g/mol. The molecular formula is C14H19NO3S. The monoisotopic (exact) mass is 281 g/mol. The third kappa shape index (κ3) is 2.81. The van der Waals surface area contributed by atoms with Crippen LogP contribution in [0.15, 0.2) is 6.07 Å². The molecule has 1 fully saturated rings. The van der Waals surface area contributed by atoms with Gasteiger partial charge in [-0.25, -0.2) is 0 Å². The fourth-order valence-corrected chi connectivity index (χ4v) is 3.64. The Morgan fingerprint density at radius 1 is 1.37 bits per heavy atom. The van der Waals surface area contributed by atoms with Crippen LogP contribution in [-0.2, 0) is 4.79 Å². The lowest BCUT2D eigenvalue weighted by Crippen LogP contribution is -2.41. The smallest absolute Gasteiger partial charge is 0.311 e. The van der Waals surface area contributed by atoms with Crippen LogP contribution in [0.1, 0.15) is 45.8 Å². The first-order valence-electron chi connectivity index (χ1n) is 6.53. The van der Waals surface area contributed by atoms with Crippen LogP contribution in [0.25, 0.3) is 0 Å². The molecule has 0 spiro atoms. The van der Waals surface area contributed by atoms with Crippen LogP contribution < -0.4 is 5.32 Å². The molecule has 0 bridgehead atoms. The highest BCUT2D eigenvalue weighted by Gasteiger charge is 2.41. The first-order chi connectivity index (χ1) is 8.94. The molecule has 0 saturated heterocycles. The fourth-order valence-electron chi connectivity index (χ4n) is 2.72. The number of hydrogen-bond acceptors (Lipinski definition) is 3. The summed E-state index contributed by atoms with van der Waals surface area (Å²) in [5, 5.41) is 12.2. The van der Waals surface area contributed by atoms with Crippen molar-refractivity contribution in [3.63, 3.8) is 0 Å². The van der Waals surface area contributed by atoms with E-state index in [1.165, 1.54) is 0 Å². The molecule has 104 valence electrons. The molecule has 1 saturated carbocycles. The lowest BCUT2D eigenvalue weighted by atomic mass is 9.86. The van der Waals surface area contributed by atoms with Crippen molar-refractivity contribution in [3.8, 4) is 0 Å². The van der Waals surface area contributed by atoms with Crippen molar-refractivity contribution < 1.29 is 14.7 Å². The molecule has 0 radical (unpaired) electrons. The van der Waals surface area contributed by atoms with Gasteiger partial charge in [0.1, 0.15) is 0 Å². The highest BCUT2D eigenvalue weighted by atomic mass is 32.1. The number of aryl methyl sites for hydroxylation is 2. The van der Waals surface area contributed by atoms with Crippen LogP contribution in [0.3, 0.4) is 0 Å². The number of carbonyl (C=O) groups excluding carboxylic acids is 1. The van der Waals surface area contributed by atoms with Gasteiger partial charge in [-0.3, -0.25) is 9.59 Å². The first kappa shape index (κ1) is 14.1. The zero-order chi connectivity index (χ0) is 14.0. The number of thiophene rings is 1. The number of rotatable bonds is 4. The Bertz CT molecular complexity index is 501. The molecule has 5 heteroatoms. The predicted octanol–water partition coefficient (Wildman–Crippen LogP) is 2.74. The van der Waals surface area contributed by atoms with Crippen molar-refractivity contribution in [1.29, 1.82) is 0 Å². The average molecular weight is 281 g/mol. The van der Waals surface area contributed by atoms with Gasteiger partial charge in [-0.1, -0.05) is 12.8 Å². The van der Waals surface area contributed by atoms with Gasteiger partial charge in [0, 0.05) is 16.3 Å². The van der Waals surface area contributed by atoms with Gasteiger partial charge in [-0.05, 0) is 32.8 Å². The molecule has 0 aliphatic heterocycles. The molecule has 0 unspecified atom stereocenters.